The van der Waals surface area contributed by atoms with Crippen molar-refractivity contribution in [2.75, 3.05) is 5.75 Å². The minimum Gasteiger partial charge on any atom is -0.414 e. The zero-order chi connectivity index (χ0) is 17.7. The highest BCUT2D eigenvalue weighted by atomic mass is 32.2. The second-order valence-electron chi connectivity index (χ2n) is 4.71. The molecule has 1 aromatic carbocycles. The van der Waals surface area contributed by atoms with E-state index < -0.39 is 17.6 Å². The van der Waals surface area contributed by atoms with Crippen LogP contribution in [-0.4, -0.2) is 27.6 Å². The third-order valence-electron chi connectivity index (χ3n) is 2.70. The quantitative estimate of drug-likeness (QED) is 0.799. The lowest BCUT2D eigenvalue weighted by atomic mass is 10.1. The Balaban J connectivity index is 1.95. The third kappa shape index (κ3) is 5.08. The summed E-state index contributed by atoms with van der Waals surface area (Å²) in [7, 11) is 0. The summed E-state index contributed by atoms with van der Waals surface area (Å²) in [6.07, 6.45) is -4.52. The smallest absolute Gasteiger partial charge is 0.414 e. The molecule has 0 spiro atoms. The number of benzene rings is 1. The second kappa shape index (κ2) is 7.47. The molecule has 2 rings (SSSR count). The SMILES string of the molecule is CC(=O)CSc1nnc(CNC(=O)c2cccc(C(F)(F)F)c2)o1. The monoisotopic (exact) mass is 359 g/mol. The average Bonchev–Trinajstić information content (AvgIpc) is 2.98. The van der Waals surface area contributed by atoms with Gasteiger partial charge in [0, 0.05) is 5.56 Å². The van der Waals surface area contributed by atoms with E-state index in [4.69, 9.17) is 4.42 Å². The van der Waals surface area contributed by atoms with Crippen molar-refractivity contribution in [1.29, 1.82) is 0 Å². The molecular formula is C14H12F3N3O3S. The number of carbonyl (C=O) groups is 2. The fourth-order valence-electron chi connectivity index (χ4n) is 1.63. The molecule has 2 aromatic rings. The molecule has 1 heterocycles. The van der Waals surface area contributed by atoms with Crippen LogP contribution in [0.2, 0.25) is 0 Å². The molecule has 6 nitrogen and oxygen atoms in total. The van der Waals surface area contributed by atoms with Gasteiger partial charge in [0.2, 0.25) is 5.89 Å². The molecule has 24 heavy (non-hydrogen) atoms. The fourth-order valence-corrected chi connectivity index (χ4v) is 2.21. The molecule has 0 unspecified atom stereocenters. The molecule has 0 aliphatic heterocycles. The Bertz CT molecular complexity index is 746. The molecule has 0 radical (unpaired) electrons. The summed E-state index contributed by atoms with van der Waals surface area (Å²) in [5.74, 6) is -0.491. The van der Waals surface area contributed by atoms with Crippen molar-refractivity contribution in [2.24, 2.45) is 0 Å². The lowest BCUT2D eigenvalue weighted by Crippen LogP contribution is -2.23. The Labute approximate surface area is 138 Å². The largest absolute Gasteiger partial charge is 0.416 e. The second-order valence-corrected chi connectivity index (χ2v) is 5.64. The van der Waals surface area contributed by atoms with Gasteiger partial charge in [0.05, 0.1) is 17.9 Å². The van der Waals surface area contributed by atoms with Crippen LogP contribution >= 0.6 is 11.8 Å². The van der Waals surface area contributed by atoms with Gasteiger partial charge in [-0.05, 0) is 25.1 Å². The van der Waals surface area contributed by atoms with E-state index in [0.717, 1.165) is 30.0 Å². The van der Waals surface area contributed by atoms with Crippen LogP contribution in [0.15, 0.2) is 33.9 Å². The van der Waals surface area contributed by atoms with Crippen LogP contribution < -0.4 is 5.32 Å². The fraction of sp³-hybridized carbons (Fsp3) is 0.286. The molecule has 0 atom stereocenters. The van der Waals surface area contributed by atoms with Crippen LogP contribution in [-0.2, 0) is 17.5 Å². The maximum atomic E-state index is 12.6. The molecule has 0 fully saturated rings. The van der Waals surface area contributed by atoms with E-state index in [1.807, 2.05) is 0 Å². The summed E-state index contributed by atoms with van der Waals surface area (Å²) in [6.45, 7) is 1.28. The van der Waals surface area contributed by atoms with E-state index in [1.165, 1.54) is 13.0 Å². The minimum atomic E-state index is -4.52. The summed E-state index contributed by atoms with van der Waals surface area (Å²) in [4.78, 5) is 22.7. The average molecular weight is 359 g/mol. The molecule has 0 aliphatic carbocycles. The van der Waals surface area contributed by atoms with E-state index in [2.05, 4.69) is 15.5 Å². The van der Waals surface area contributed by atoms with Gasteiger partial charge >= 0.3 is 6.18 Å². The van der Waals surface area contributed by atoms with Crippen molar-refractivity contribution in [3.63, 3.8) is 0 Å². The number of amides is 1. The number of carbonyl (C=O) groups excluding carboxylic acids is 2. The molecule has 0 aliphatic rings. The van der Waals surface area contributed by atoms with Crippen molar-refractivity contribution in [3.8, 4) is 0 Å². The normalized spacial score (nSPS) is 11.3. The number of halogens is 3. The summed E-state index contributed by atoms with van der Waals surface area (Å²) >= 11 is 1.06. The first-order valence-corrected chi connectivity index (χ1v) is 7.64. The van der Waals surface area contributed by atoms with Crippen LogP contribution in [0.25, 0.3) is 0 Å². The lowest BCUT2D eigenvalue weighted by Gasteiger charge is -2.08. The van der Waals surface area contributed by atoms with Crippen molar-refractivity contribution in [2.45, 2.75) is 24.9 Å². The molecule has 0 saturated carbocycles. The van der Waals surface area contributed by atoms with Gasteiger partial charge in [-0.3, -0.25) is 9.59 Å². The number of rotatable bonds is 6. The van der Waals surface area contributed by atoms with Gasteiger partial charge in [0.1, 0.15) is 5.78 Å². The van der Waals surface area contributed by atoms with Crippen LogP contribution in [0.4, 0.5) is 13.2 Å². The number of hydrogen-bond acceptors (Lipinski definition) is 6. The summed E-state index contributed by atoms with van der Waals surface area (Å²) < 4.78 is 43.1. The van der Waals surface area contributed by atoms with Gasteiger partial charge in [0.25, 0.3) is 11.1 Å². The van der Waals surface area contributed by atoms with E-state index >= 15 is 0 Å². The van der Waals surface area contributed by atoms with Crippen molar-refractivity contribution in [1.82, 2.24) is 15.5 Å². The number of ketones is 1. The third-order valence-corrected chi connectivity index (χ3v) is 3.66. The van der Waals surface area contributed by atoms with Crippen LogP contribution in [0.3, 0.4) is 0 Å². The standard InChI is InChI=1S/C14H12F3N3O3S/c1-8(21)7-24-13-20-19-11(23-13)6-18-12(22)9-3-2-4-10(5-9)14(15,16)17/h2-5H,6-7H2,1H3,(H,18,22). The number of nitrogens with one attached hydrogen (secondary N) is 1. The van der Waals surface area contributed by atoms with Gasteiger partial charge in [0.15, 0.2) is 0 Å². The Morgan fingerprint density at radius 2 is 2.04 bits per heavy atom. The van der Waals surface area contributed by atoms with Crippen LogP contribution in [0, 0.1) is 0 Å². The number of aromatic nitrogens is 2. The molecule has 128 valence electrons. The maximum Gasteiger partial charge on any atom is 0.416 e. The first-order valence-electron chi connectivity index (χ1n) is 6.66. The Kier molecular flexibility index (Phi) is 5.60. The molecule has 1 N–H and O–H groups in total. The van der Waals surface area contributed by atoms with Gasteiger partial charge in [-0.15, -0.1) is 10.2 Å². The Morgan fingerprint density at radius 1 is 1.29 bits per heavy atom. The number of thioether (sulfide) groups is 1. The molecule has 10 heteroatoms. The highest BCUT2D eigenvalue weighted by molar-refractivity contribution is 7.99. The molecular weight excluding hydrogens is 347 g/mol. The Morgan fingerprint density at radius 3 is 2.71 bits per heavy atom. The van der Waals surface area contributed by atoms with E-state index in [1.54, 1.807) is 0 Å². The topological polar surface area (TPSA) is 85.1 Å². The number of alkyl halides is 3. The van der Waals surface area contributed by atoms with Crippen molar-refractivity contribution < 1.29 is 27.2 Å². The number of Topliss-reactive ketones (excluding diaryl/α,β-unsaturated/α-hetero) is 1. The summed E-state index contributed by atoms with van der Waals surface area (Å²) in [6, 6.07) is 4.07. The summed E-state index contributed by atoms with van der Waals surface area (Å²) in [5, 5.41) is 9.92. The zero-order valence-corrected chi connectivity index (χ0v) is 13.2. The maximum absolute atomic E-state index is 12.6. The first kappa shape index (κ1) is 18.0. The first-order chi connectivity index (χ1) is 11.3. The van der Waals surface area contributed by atoms with Gasteiger partial charge in [-0.1, -0.05) is 17.8 Å². The molecule has 0 saturated heterocycles. The molecule has 0 bridgehead atoms. The number of hydrogen-bond donors (Lipinski definition) is 1. The molecule has 1 amide bonds. The van der Waals surface area contributed by atoms with Gasteiger partial charge in [-0.2, -0.15) is 13.2 Å². The lowest BCUT2D eigenvalue weighted by molar-refractivity contribution is -0.137. The van der Waals surface area contributed by atoms with E-state index in [9.17, 15) is 22.8 Å². The minimum absolute atomic E-state index is 0.0578. The van der Waals surface area contributed by atoms with Crippen molar-refractivity contribution in [3.05, 3.63) is 41.3 Å². The van der Waals surface area contributed by atoms with Gasteiger partial charge in [-0.25, -0.2) is 0 Å². The van der Waals surface area contributed by atoms with Crippen LogP contribution in [0.1, 0.15) is 28.7 Å². The predicted molar refractivity (Wildman–Crippen MR) is 78.3 cm³/mol. The van der Waals surface area contributed by atoms with Gasteiger partial charge < -0.3 is 9.73 Å². The predicted octanol–water partition coefficient (Wildman–Crippen LogP) is 2.70. The summed E-state index contributed by atoms with van der Waals surface area (Å²) in [5.41, 5.74) is -1.04. The highest BCUT2D eigenvalue weighted by Crippen LogP contribution is 2.29. The highest BCUT2D eigenvalue weighted by Gasteiger charge is 2.30. The molecule has 1 aromatic heterocycles. The van der Waals surface area contributed by atoms with E-state index in [0.29, 0.717) is 0 Å². The Hall–Kier alpha value is -2.36. The van der Waals surface area contributed by atoms with Crippen LogP contribution in [0.5, 0.6) is 0 Å². The van der Waals surface area contributed by atoms with E-state index in [-0.39, 0.29) is 34.8 Å². The van der Waals surface area contributed by atoms with Crippen molar-refractivity contribution >= 4 is 23.5 Å². The number of nitrogens with zero attached hydrogens (tertiary/aromatic N) is 2. The zero-order valence-electron chi connectivity index (χ0n) is 12.4.